The van der Waals surface area contributed by atoms with E-state index in [0.29, 0.717) is 29.0 Å². The number of aromatic nitrogens is 2. The van der Waals surface area contributed by atoms with Crippen LogP contribution in [0.4, 0.5) is 11.6 Å². The van der Waals surface area contributed by atoms with Crippen LogP contribution in [0.3, 0.4) is 0 Å². The first-order valence-corrected chi connectivity index (χ1v) is 13.2. The molecule has 1 N–H and O–H groups in total. The lowest BCUT2D eigenvalue weighted by molar-refractivity contribution is 0.131. The third-order valence-corrected chi connectivity index (χ3v) is 8.44. The molecule has 0 saturated carbocycles. The summed E-state index contributed by atoms with van der Waals surface area (Å²) in [6, 6.07) is 6.23. The van der Waals surface area contributed by atoms with Crippen molar-refractivity contribution in [1.82, 2.24) is 9.97 Å². The number of ether oxygens (including phenoxy) is 4. The highest BCUT2D eigenvalue weighted by Crippen LogP contribution is 2.46. The predicted molar refractivity (Wildman–Crippen MR) is 145 cm³/mol. The van der Waals surface area contributed by atoms with Crippen LogP contribution in [0.15, 0.2) is 24.4 Å². The lowest BCUT2D eigenvalue weighted by Gasteiger charge is -2.48. The molecule has 2 aromatic heterocycles. The van der Waals surface area contributed by atoms with Gasteiger partial charge in [-0.2, -0.15) is 0 Å². The van der Waals surface area contributed by atoms with Crippen LogP contribution < -0.4 is 19.7 Å². The van der Waals surface area contributed by atoms with Crippen molar-refractivity contribution >= 4 is 34.0 Å². The van der Waals surface area contributed by atoms with Gasteiger partial charge in [0.1, 0.15) is 23.1 Å². The first-order chi connectivity index (χ1) is 17.9. The standard InChI is InChI=1S/C28H33ClN4O4/c1-16-11-37-12-21(16)31-24-8-19-18(10-30-24)7-20(25-17(2)22(34-3)9-23(35-4)26(25)29)32-27(19)33-13-28(14-33)5-6-36-15-28/h7-10,16,21H,5-6,11-15H2,1-4H3,(H,30,31)/t16-,21+/m0/s1. The summed E-state index contributed by atoms with van der Waals surface area (Å²) < 4.78 is 22.6. The monoisotopic (exact) mass is 524 g/mol. The highest BCUT2D eigenvalue weighted by Gasteiger charge is 2.46. The van der Waals surface area contributed by atoms with Crippen LogP contribution >= 0.6 is 11.6 Å². The van der Waals surface area contributed by atoms with Crippen LogP contribution in [0.1, 0.15) is 18.9 Å². The Bertz CT molecular complexity index is 1310. The van der Waals surface area contributed by atoms with Crippen LogP contribution in [0, 0.1) is 18.3 Å². The minimum atomic E-state index is 0.224. The first kappa shape index (κ1) is 24.5. The largest absolute Gasteiger partial charge is 0.496 e. The molecule has 0 unspecified atom stereocenters. The topological polar surface area (TPSA) is 78.0 Å². The van der Waals surface area contributed by atoms with Crippen molar-refractivity contribution in [2.24, 2.45) is 11.3 Å². The van der Waals surface area contributed by atoms with Crippen LogP contribution in [0.25, 0.3) is 22.0 Å². The van der Waals surface area contributed by atoms with Gasteiger partial charge in [0.05, 0.1) is 50.8 Å². The lowest BCUT2D eigenvalue weighted by atomic mass is 9.79. The maximum Gasteiger partial charge on any atom is 0.141 e. The molecule has 2 atom stereocenters. The Morgan fingerprint density at radius 2 is 1.92 bits per heavy atom. The third kappa shape index (κ3) is 4.25. The normalized spacial score (nSPS) is 22.5. The van der Waals surface area contributed by atoms with Gasteiger partial charge in [0.2, 0.25) is 0 Å². The molecule has 9 heteroatoms. The molecule has 0 aliphatic carbocycles. The van der Waals surface area contributed by atoms with E-state index in [-0.39, 0.29) is 11.5 Å². The number of hydrogen-bond acceptors (Lipinski definition) is 8. The molecule has 3 aliphatic heterocycles. The summed E-state index contributed by atoms with van der Waals surface area (Å²) in [5.41, 5.74) is 2.71. The molecule has 6 rings (SSSR count). The number of nitrogens with one attached hydrogen (secondary N) is 1. The van der Waals surface area contributed by atoms with Gasteiger partial charge in [-0.25, -0.2) is 9.97 Å². The number of halogens is 1. The maximum atomic E-state index is 6.85. The predicted octanol–water partition coefficient (Wildman–Crippen LogP) is 4.95. The molecule has 3 aliphatic rings. The van der Waals surface area contributed by atoms with Crippen molar-refractivity contribution in [3.63, 3.8) is 0 Å². The number of pyridine rings is 2. The summed E-state index contributed by atoms with van der Waals surface area (Å²) in [6.07, 6.45) is 3.01. The average Bonchev–Trinajstić information content (AvgIpc) is 3.53. The summed E-state index contributed by atoms with van der Waals surface area (Å²) in [4.78, 5) is 12.3. The second-order valence-electron chi connectivity index (χ2n) is 10.6. The molecule has 3 fully saturated rings. The molecule has 37 heavy (non-hydrogen) atoms. The van der Waals surface area contributed by atoms with Crippen molar-refractivity contribution in [1.29, 1.82) is 0 Å². The van der Waals surface area contributed by atoms with E-state index in [9.17, 15) is 0 Å². The number of anilines is 2. The van der Waals surface area contributed by atoms with E-state index in [1.54, 1.807) is 14.2 Å². The third-order valence-electron chi connectivity index (χ3n) is 8.07. The molecule has 3 saturated heterocycles. The highest BCUT2D eigenvalue weighted by molar-refractivity contribution is 6.35. The van der Waals surface area contributed by atoms with Gasteiger partial charge < -0.3 is 29.2 Å². The van der Waals surface area contributed by atoms with Crippen LogP contribution in [0.5, 0.6) is 11.5 Å². The summed E-state index contributed by atoms with van der Waals surface area (Å²) in [5.74, 6) is 3.46. The van der Waals surface area contributed by atoms with E-state index in [4.69, 9.17) is 40.5 Å². The molecule has 0 amide bonds. The highest BCUT2D eigenvalue weighted by atomic mass is 35.5. The van der Waals surface area contributed by atoms with E-state index in [2.05, 4.69) is 29.3 Å². The van der Waals surface area contributed by atoms with E-state index in [1.807, 2.05) is 19.2 Å². The number of hydrogen-bond donors (Lipinski definition) is 1. The molecular formula is C28H33ClN4O4. The molecule has 196 valence electrons. The van der Waals surface area contributed by atoms with Crippen LogP contribution in [-0.4, -0.2) is 69.7 Å². The zero-order chi connectivity index (χ0) is 25.7. The molecule has 1 aromatic carbocycles. The molecule has 1 spiro atoms. The fourth-order valence-corrected chi connectivity index (χ4v) is 6.16. The van der Waals surface area contributed by atoms with Crippen molar-refractivity contribution < 1.29 is 18.9 Å². The van der Waals surface area contributed by atoms with Gasteiger partial charge in [-0.3, -0.25) is 0 Å². The average molecular weight is 525 g/mol. The van der Waals surface area contributed by atoms with E-state index < -0.39 is 0 Å². The van der Waals surface area contributed by atoms with E-state index in [0.717, 1.165) is 78.6 Å². The Morgan fingerprint density at radius 3 is 2.59 bits per heavy atom. The first-order valence-electron chi connectivity index (χ1n) is 12.8. The van der Waals surface area contributed by atoms with E-state index >= 15 is 0 Å². The number of rotatable bonds is 6. The Morgan fingerprint density at radius 1 is 1.11 bits per heavy atom. The quantitative estimate of drug-likeness (QED) is 0.485. The van der Waals surface area contributed by atoms with Crippen molar-refractivity contribution in [3.8, 4) is 22.8 Å². The van der Waals surface area contributed by atoms with Crippen LogP contribution in [-0.2, 0) is 9.47 Å². The Balaban J connectivity index is 1.47. The van der Waals surface area contributed by atoms with Gasteiger partial charge in [-0.15, -0.1) is 0 Å². The van der Waals surface area contributed by atoms with Gasteiger partial charge >= 0.3 is 0 Å². The Labute approximate surface area is 222 Å². The molecular weight excluding hydrogens is 492 g/mol. The number of fused-ring (bicyclic) bond motifs is 1. The number of nitrogens with zero attached hydrogens (tertiary/aromatic N) is 3. The smallest absolute Gasteiger partial charge is 0.141 e. The second-order valence-corrected chi connectivity index (χ2v) is 11.0. The van der Waals surface area contributed by atoms with Gasteiger partial charge in [-0.1, -0.05) is 18.5 Å². The SMILES string of the molecule is COc1cc(OC)c(Cl)c(-c2cc3cnc(N[C@@H]4COC[C@@H]4C)cc3c(N3CC4(CCOC4)C3)n2)c1C. The Hall–Kier alpha value is -2.81. The second kappa shape index (κ2) is 9.49. The molecule has 0 bridgehead atoms. The van der Waals surface area contributed by atoms with Crippen molar-refractivity contribution in [3.05, 3.63) is 35.0 Å². The van der Waals surface area contributed by atoms with E-state index in [1.165, 1.54) is 0 Å². The number of methoxy groups -OCH3 is 2. The summed E-state index contributed by atoms with van der Waals surface area (Å²) >= 11 is 6.85. The van der Waals surface area contributed by atoms with Gasteiger partial charge in [-0.05, 0) is 25.5 Å². The van der Waals surface area contributed by atoms with Gasteiger partial charge in [0.25, 0.3) is 0 Å². The lowest BCUT2D eigenvalue weighted by Crippen LogP contribution is -2.57. The zero-order valence-electron chi connectivity index (χ0n) is 21.8. The molecule has 8 nitrogen and oxygen atoms in total. The van der Waals surface area contributed by atoms with Crippen molar-refractivity contribution in [2.75, 3.05) is 64.0 Å². The minimum absolute atomic E-state index is 0.224. The van der Waals surface area contributed by atoms with Crippen molar-refractivity contribution in [2.45, 2.75) is 26.3 Å². The molecule has 3 aromatic rings. The summed E-state index contributed by atoms with van der Waals surface area (Å²) in [6.45, 7) is 9.14. The van der Waals surface area contributed by atoms with Crippen LogP contribution in [0.2, 0.25) is 5.02 Å². The minimum Gasteiger partial charge on any atom is -0.496 e. The molecule has 0 radical (unpaired) electrons. The van der Waals surface area contributed by atoms with Gasteiger partial charge in [0.15, 0.2) is 0 Å². The summed E-state index contributed by atoms with van der Waals surface area (Å²) in [7, 11) is 3.26. The Kier molecular flexibility index (Phi) is 6.29. The zero-order valence-corrected chi connectivity index (χ0v) is 22.5. The molecule has 5 heterocycles. The fourth-order valence-electron chi connectivity index (χ4n) is 5.79. The van der Waals surface area contributed by atoms with Gasteiger partial charge in [0, 0.05) is 65.2 Å². The maximum absolute atomic E-state index is 6.85. The fraction of sp³-hybridized carbons (Fsp3) is 0.500. The summed E-state index contributed by atoms with van der Waals surface area (Å²) in [5, 5.41) is 6.15. The number of benzene rings is 1.